The first-order valence-corrected chi connectivity index (χ1v) is 35.4. The quantitative estimate of drug-likeness (QED) is 0.144. The number of para-hydroxylation sites is 8. The van der Waals surface area contributed by atoms with Crippen LogP contribution in [0.1, 0.15) is 0 Å². The van der Waals surface area contributed by atoms with Gasteiger partial charge in [-0.15, -0.1) is 0 Å². The van der Waals surface area contributed by atoms with Crippen LogP contribution in [0.25, 0.3) is 142 Å². The Hall–Kier alpha value is -11.1. The van der Waals surface area contributed by atoms with Crippen molar-refractivity contribution in [2.45, 2.75) is 0 Å². The van der Waals surface area contributed by atoms with E-state index >= 15 is 0 Å². The Morgan fingerprint density at radius 1 is 0.163 bits per heavy atom. The zero-order valence-corrected chi connectivity index (χ0v) is 52.1. The molecule has 0 saturated heterocycles. The Morgan fingerprint density at radius 2 is 0.315 bits per heavy atom. The van der Waals surface area contributed by atoms with Crippen molar-refractivity contribution in [2.75, 3.05) is 0 Å². The summed E-state index contributed by atoms with van der Waals surface area (Å²) >= 11 is 0. The van der Waals surface area contributed by atoms with Gasteiger partial charge >= 0.3 is 0 Å². The molecule has 0 saturated carbocycles. The van der Waals surface area contributed by atoms with Crippen LogP contribution < -0.4 is 18.1 Å². The lowest BCUT2D eigenvalue weighted by molar-refractivity contribution is 0.579. The third kappa shape index (κ3) is 6.63. The topological polar surface area (TPSA) is 72.2 Å². The van der Waals surface area contributed by atoms with Crippen LogP contribution in [0.15, 0.2) is 279 Å². The normalized spacial score (nSPS) is 12.6. The monoisotopic (exact) mass is 1260 g/mol. The lowest BCUT2D eigenvalue weighted by Gasteiger charge is -2.21. The molecular formula is C76H46N8O4P4. The lowest BCUT2D eigenvalue weighted by Crippen LogP contribution is -2.00. The first-order valence-electron chi connectivity index (χ1n) is 30.7. The summed E-state index contributed by atoms with van der Waals surface area (Å²) in [5.74, 6) is 2.46. The average Bonchev–Trinajstić information content (AvgIpc) is 1.60. The molecule has 0 bridgehead atoms. The molecule has 16 heteroatoms. The largest absolute Gasteiger partial charge is 0.416 e. The zero-order valence-electron chi connectivity index (χ0n) is 48.6. The van der Waals surface area contributed by atoms with Gasteiger partial charge in [0.2, 0.25) is 32.3 Å². The van der Waals surface area contributed by atoms with E-state index < -0.39 is 32.3 Å². The fourth-order valence-electron chi connectivity index (χ4n) is 14.9. The molecule has 434 valence electrons. The van der Waals surface area contributed by atoms with Crippen molar-refractivity contribution >= 4 is 164 Å². The summed E-state index contributed by atoms with van der Waals surface area (Å²) in [5.41, 5.74) is 19.0. The standard InChI is InChI=1S/C76H46N8O4P4/c1-9-27-55-47(19-1)39-63-64-40-48-20-2-10-28-56(48)78(64)89(77(55)63)85-71-35-17-36-72(86-90-79-57-29-11-3-21-49(57)41-65(79)66-42-50-22-4-12-30-58(50)80(66)90)75(71)76-73(87-91-81-59-31-13-5-23-51(59)43-67(81)68-44-52-24-6-14-32-60(52)82(68)91)37-18-38-74(76)88-92-83-61-33-15-7-25-53(61)45-69(83)70-46-54-26-8-16-34-62(54)84(70)92/h1-46H. The minimum atomic E-state index is -1.68. The minimum absolute atomic E-state index is 0.616. The van der Waals surface area contributed by atoms with Gasteiger partial charge in [0.15, 0.2) is 0 Å². The van der Waals surface area contributed by atoms with E-state index in [1.165, 1.54) is 0 Å². The SMILES string of the molecule is c1cc(Op2n3c4ccccc4cc3c3cc4ccccc4n32)c(-c2c(Op3n4c5ccccc5cc4c4cc5ccccc5n43)cccc2Op2n3c4ccccc4cc3c3cc4ccccc4n32)c(Op2n3c4ccccc4cc3c3cc4ccccc4n32)c1. The second-order valence-corrected chi connectivity index (χ2v) is 29.8. The van der Waals surface area contributed by atoms with Gasteiger partial charge in [-0.25, -0.2) is 0 Å². The van der Waals surface area contributed by atoms with Gasteiger partial charge in [0, 0.05) is 43.1 Å². The highest BCUT2D eigenvalue weighted by Gasteiger charge is 2.32. The first-order chi connectivity index (χ1) is 45.6. The molecule has 0 N–H and O–H groups in total. The van der Waals surface area contributed by atoms with Gasteiger partial charge in [-0.3, -0.25) is 33.3 Å². The predicted molar refractivity (Wildman–Crippen MR) is 380 cm³/mol. The summed E-state index contributed by atoms with van der Waals surface area (Å²) in [6, 6.07) is 100. The number of aromatic nitrogens is 8. The number of hydrogen-bond acceptors (Lipinski definition) is 4. The van der Waals surface area contributed by atoms with E-state index in [4.69, 9.17) is 18.1 Å². The third-order valence-electron chi connectivity index (χ3n) is 18.8. The Bertz CT molecular complexity index is 5770. The van der Waals surface area contributed by atoms with Gasteiger partial charge in [0.05, 0.1) is 99.4 Å². The molecule has 0 spiro atoms. The number of fused-ring (bicyclic) bond motifs is 28. The van der Waals surface area contributed by atoms with Crippen molar-refractivity contribution in [3.05, 3.63) is 279 Å². The molecule has 10 aromatic carbocycles. The van der Waals surface area contributed by atoms with Crippen LogP contribution in [-0.2, 0) is 0 Å². The maximum absolute atomic E-state index is 8.14. The second-order valence-electron chi connectivity index (χ2n) is 23.8. The van der Waals surface area contributed by atoms with Crippen LogP contribution in [0.4, 0.5) is 0 Å². The molecule has 0 atom stereocenters. The lowest BCUT2D eigenvalue weighted by atomic mass is 10.0. The van der Waals surface area contributed by atoms with Crippen molar-refractivity contribution in [1.82, 2.24) is 33.3 Å². The van der Waals surface area contributed by atoms with E-state index in [-0.39, 0.29) is 0 Å². The second kappa shape index (κ2) is 18.3. The van der Waals surface area contributed by atoms with Crippen LogP contribution in [0, 0.1) is 0 Å². The van der Waals surface area contributed by atoms with E-state index in [9.17, 15) is 0 Å². The number of hydrogen-bond donors (Lipinski definition) is 0. The van der Waals surface area contributed by atoms with Gasteiger partial charge in [0.25, 0.3) is 0 Å². The Kier molecular flexibility index (Phi) is 9.90. The molecule has 0 aliphatic rings. The molecule has 0 aliphatic carbocycles. The van der Waals surface area contributed by atoms with Crippen molar-refractivity contribution in [2.24, 2.45) is 0 Å². The summed E-state index contributed by atoms with van der Waals surface area (Å²) in [7, 11) is -6.74. The molecule has 0 unspecified atom stereocenters. The molecule has 22 rings (SSSR count). The molecule has 92 heavy (non-hydrogen) atoms. The van der Waals surface area contributed by atoms with Gasteiger partial charge < -0.3 is 18.1 Å². The van der Waals surface area contributed by atoms with Crippen LogP contribution >= 0.6 is 32.3 Å². The summed E-state index contributed by atoms with van der Waals surface area (Å²) in [5, 5.41) is 9.19. The van der Waals surface area contributed by atoms with Gasteiger partial charge in [-0.2, -0.15) is 0 Å². The average molecular weight is 1260 g/mol. The minimum Gasteiger partial charge on any atom is -0.416 e. The molecule has 12 nitrogen and oxygen atoms in total. The predicted octanol–water partition coefficient (Wildman–Crippen LogP) is 21.9. The van der Waals surface area contributed by atoms with Crippen molar-refractivity contribution in [3.8, 4) is 34.1 Å². The molecule has 22 aromatic rings. The fraction of sp³-hybridized carbons (Fsp3) is 0. The van der Waals surface area contributed by atoms with E-state index in [2.05, 4.69) is 312 Å². The highest BCUT2D eigenvalue weighted by molar-refractivity contribution is 7.39. The van der Waals surface area contributed by atoms with Crippen molar-refractivity contribution < 1.29 is 18.1 Å². The molecule has 0 amide bonds. The van der Waals surface area contributed by atoms with E-state index in [0.29, 0.717) is 34.1 Å². The van der Waals surface area contributed by atoms with Gasteiger partial charge in [-0.1, -0.05) is 158 Å². The molecular weight excluding hydrogens is 1210 g/mol. The molecule has 0 radical (unpaired) electrons. The number of nitrogens with zero attached hydrogens (tertiary/aromatic N) is 8. The van der Waals surface area contributed by atoms with E-state index in [0.717, 1.165) is 131 Å². The molecule has 12 aromatic heterocycles. The van der Waals surface area contributed by atoms with Gasteiger partial charge in [-0.05, 0) is 121 Å². The summed E-state index contributed by atoms with van der Waals surface area (Å²) in [6.07, 6.45) is 0. The van der Waals surface area contributed by atoms with Crippen LogP contribution in [0.3, 0.4) is 0 Å². The first kappa shape index (κ1) is 49.8. The fourth-order valence-corrected chi connectivity index (χ4v) is 23.3. The van der Waals surface area contributed by atoms with Crippen LogP contribution in [-0.4, -0.2) is 33.3 Å². The van der Waals surface area contributed by atoms with Crippen LogP contribution in [0.5, 0.6) is 23.0 Å². The zero-order chi connectivity index (χ0) is 59.6. The van der Waals surface area contributed by atoms with E-state index in [1.807, 2.05) is 0 Å². The number of rotatable bonds is 9. The molecule has 0 aliphatic heterocycles. The Labute approximate surface area is 525 Å². The van der Waals surface area contributed by atoms with Crippen LogP contribution in [0.2, 0.25) is 0 Å². The van der Waals surface area contributed by atoms with E-state index in [1.54, 1.807) is 0 Å². The van der Waals surface area contributed by atoms with Crippen molar-refractivity contribution in [1.29, 1.82) is 0 Å². The summed E-state index contributed by atoms with van der Waals surface area (Å²) < 4.78 is 51.9. The van der Waals surface area contributed by atoms with Gasteiger partial charge in [0.1, 0.15) is 23.0 Å². The Balaban J connectivity index is 0.882. The maximum atomic E-state index is 8.14. The van der Waals surface area contributed by atoms with Crippen molar-refractivity contribution in [3.63, 3.8) is 0 Å². The smallest absolute Gasteiger partial charge is 0.246 e. The highest BCUT2D eigenvalue weighted by Crippen LogP contribution is 2.58. The highest BCUT2D eigenvalue weighted by atomic mass is 31.1. The molecule has 0 fully saturated rings. The number of benzene rings is 10. The molecule has 12 heterocycles. The Morgan fingerprint density at radius 3 is 0.478 bits per heavy atom. The third-order valence-corrected chi connectivity index (χ3v) is 26.5. The summed E-state index contributed by atoms with van der Waals surface area (Å²) in [6.45, 7) is 0. The maximum Gasteiger partial charge on any atom is 0.246 e. The summed E-state index contributed by atoms with van der Waals surface area (Å²) in [4.78, 5) is 0.